The van der Waals surface area contributed by atoms with Gasteiger partial charge < -0.3 is 9.84 Å². The van der Waals surface area contributed by atoms with Crippen molar-refractivity contribution in [3.63, 3.8) is 0 Å². The van der Waals surface area contributed by atoms with Crippen LogP contribution in [0.15, 0.2) is 12.1 Å². The molecule has 1 atom stereocenters. The number of carboxylic acid groups (broad SMARTS) is 1. The van der Waals surface area contributed by atoms with Gasteiger partial charge in [-0.25, -0.2) is 0 Å². The summed E-state index contributed by atoms with van der Waals surface area (Å²) in [6.07, 6.45) is 4.30. The number of ether oxygens (including phenoxy) is 1. The number of aliphatic carboxylic acids is 1. The molecule has 0 amide bonds. The van der Waals surface area contributed by atoms with Crippen LogP contribution in [0.25, 0.3) is 0 Å². The minimum Gasteiger partial charge on any atom is -0.496 e. The van der Waals surface area contributed by atoms with E-state index in [1.54, 1.807) is 7.11 Å². The number of carboxylic acids is 1. The summed E-state index contributed by atoms with van der Waals surface area (Å²) < 4.78 is 5.43. The van der Waals surface area contributed by atoms with Gasteiger partial charge in [-0.1, -0.05) is 18.9 Å². The molecule has 1 aliphatic rings. The Balaban J connectivity index is 2.49. The highest BCUT2D eigenvalue weighted by molar-refractivity contribution is 5.78. The average molecular weight is 262 g/mol. The summed E-state index contributed by atoms with van der Waals surface area (Å²) in [6, 6.07) is 3.98. The van der Waals surface area contributed by atoms with Gasteiger partial charge in [0.1, 0.15) is 5.75 Å². The molecule has 1 saturated carbocycles. The molecule has 1 unspecified atom stereocenters. The summed E-state index contributed by atoms with van der Waals surface area (Å²) >= 11 is 0. The van der Waals surface area contributed by atoms with Crippen LogP contribution in [0.4, 0.5) is 0 Å². The van der Waals surface area contributed by atoms with Crippen LogP contribution in [0.1, 0.15) is 48.3 Å². The smallest absolute Gasteiger partial charge is 0.311 e. The third kappa shape index (κ3) is 2.75. The second kappa shape index (κ2) is 5.64. The fourth-order valence-corrected chi connectivity index (χ4v) is 3.36. The maximum absolute atomic E-state index is 11.7. The first kappa shape index (κ1) is 13.9. The van der Waals surface area contributed by atoms with Gasteiger partial charge in [0.05, 0.1) is 13.0 Å². The molecule has 0 heterocycles. The van der Waals surface area contributed by atoms with Gasteiger partial charge in [0.15, 0.2) is 0 Å². The molecule has 1 aliphatic carbocycles. The molecule has 2 rings (SSSR count). The maximum atomic E-state index is 11.7. The molecule has 1 fully saturated rings. The van der Waals surface area contributed by atoms with Crippen LogP contribution >= 0.6 is 0 Å². The van der Waals surface area contributed by atoms with Crippen LogP contribution in [0, 0.1) is 19.8 Å². The standard InChI is InChI=1S/C16H22O3/c1-10-8-11(2)14(13(9-10)19-3)15(16(17)18)12-6-4-5-7-12/h8-9,12,15H,4-7H2,1-3H3,(H,17,18). The summed E-state index contributed by atoms with van der Waals surface area (Å²) in [6.45, 7) is 3.99. The Labute approximate surface area is 114 Å². The highest BCUT2D eigenvalue weighted by Crippen LogP contribution is 2.42. The fraction of sp³-hybridized carbons (Fsp3) is 0.562. The molecule has 19 heavy (non-hydrogen) atoms. The molecule has 1 aromatic rings. The lowest BCUT2D eigenvalue weighted by atomic mass is 9.82. The Hall–Kier alpha value is -1.51. The van der Waals surface area contributed by atoms with Crippen molar-refractivity contribution < 1.29 is 14.6 Å². The first-order valence-corrected chi connectivity index (χ1v) is 6.92. The van der Waals surface area contributed by atoms with E-state index in [4.69, 9.17) is 4.74 Å². The van der Waals surface area contributed by atoms with Gasteiger partial charge in [0.2, 0.25) is 0 Å². The van der Waals surface area contributed by atoms with Crippen molar-refractivity contribution in [3.05, 3.63) is 28.8 Å². The van der Waals surface area contributed by atoms with Crippen LogP contribution < -0.4 is 4.74 Å². The molecular formula is C16H22O3. The van der Waals surface area contributed by atoms with Crippen LogP contribution in [-0.2, 0) is 4.79 Å². The fourth-order valence-electron chi connectivity index (χ4n) is 3.36. The van der Waals surface area contributed by atoms with E-state index in [9.17, 15) is 9.90 Å². The maximum Gasteiger partial charge on any atom is 0.311 e. The number of aryl methyl sites for hydroxylation is 2. The van der Waals surface area contributed by atoms with E-state index in [-0.39, 0.29) is 5.92 Å². The van der Waals surface area contributed by atoms with Crippen molar-refractivity contribution in [1.29, 1.82) is 0 Å². The highest BCUT2D eigenvalue weighted by atomic mass is 16.5. The van der Waals surface area contributed by atoms with Gasteiger partial charge >= 0.3 is 5.97 Å². The van der Waals surface area contributed by atoms with Crippen molar-refractivity contribution in [2.45, 2.75) is 45.4 Å². The first-order valence-electron chi connectivity index (χ1n) is 6.92. The summed E-state index contributed by atoms with van der Waals surface area (Å²) in [4.78, 5) is 11.7. The van der Waals surface area contributed by atoms with Gasteiger partial charge in [-0.05, 0) is 49.8 Å². The van der Waals surface area contributed by atoms with Gasteiger partial charge in [0, 0.05) is 5.56 Å². The number of methoxy groups -OCH3 is 1. The zero-order valence-electron chi connectivity index (χ0n) is 11.9. The molecule has 0 bridgehead atoms. The lowest BCUT2D eigenvalue weighted by molar-refractivity contribution is -0.140. The van der Waals surface area contributed by atoms with E-state index >= 15 is 0 Å². The molecule has 1 N–H and O–H groups in total. The van der Waals surface area contributed by atoms with Crippen LogP contribution in [0.2, 0.25) is 0 Å². The van der Waals surface area contributed by atoms with Gasteiger partial charge in [-0.15, -0.1) is 0 Å². The molecule has 3 nitrogen and oxygen atoms in total. The topological polar surface area (TPSA) is 46.5 Å². The number of hydrogen-bond acceptors (Lipinski definition) is 2. The molecule has 1 aromatic carbocycles. The predicted molar refractivity (Wildman–Crippen MR) is 74.8 cm³/mol. The largest absolute Gasteiger partial charge is 0.496 e. The third-order valence-electron chi connectivity index (χ3n) is 4.16. The van der Waals surface area contributed by atoms with E-state index in [0.717, 1.165) is 48.1 Å². The zero-order valence-corrected chi connectivity index (χ0v) is 11.9. The summed E-state index contributed by atoms with van der Waals surface area (Å²) in [5.41, 5.74) is 3.00. The zero-order chi connectivity index (χ0) is 14.0. The second-order valence-electron chi connectivity index (χ2n) is 5.56. The SMILES string of the molecule is COc1cc(C)cc(C)c1C(C(=O)O)C1CCCC1. The van der Waals surface area contributed by atoms with Crippen LogP contribution in [-0.4, -0.2) is 18.2 Å². The van der Waals surface area contributed by atoms with E-state index in [2.05, 4.69) is 0 Å². The molecule has 0 aliphatic heterocycles. The van der Waals surface area contributed by atoms with Crippen molar-refractivity contribution in [2.24, 2.45) is 5.92 Å². The van der Waals surface area contributed by atoms with E-state index in [0.29, 0.717) is 0 Å². The minimum absolute atomic E-state index is 0.243. The van der Waals surface area contributed by atoms with Crippen molar-refractivity contribution in [2.75, 3.05) is 7.11 Å². The lowest BCUT2D eigenvalue weighted by Crippen LogP contribution is -2.21. The van der Waals surface area contributed by atoms with Crippen LogP contribution in [0.3, 0.4) is 0 Å². The molecule has 0 aromatic heterocycles. The summed E-state index contributed by atoms with van der Waals surface area (Å²) in [5.74, 6) is -0.195. The average Bonchev–Trinajstić information content (AvgIpc) is 2.85. The lowest BCUT2D eigenvalue weighted by Gasteiger charge is -2.24. The second-order valence-corrected chi connectivity index (χ2v) is 5.56. The summed E-state index contributed by atoms with van der Waals surface area (Å²) in [7, 11) is 1.62. The number of hydrogen-bond donors (Lipinski definition) is 1. The molecule has 3 heteroatoms. The molecule has 0 radical (unpaired) electrons. The molecule has 0 spiro atoms. The molecule has 104 valence electrons. The van der Waals surface area contributed by atoms with E-state index in [1.807, 2.05) is 26.0 Å². The number of rotatable bonds is 4. The van der Waals surface area contributed by atoms with Crippen molar-refractivity contribution in [1.82, 2.24) is 0 Å². The van der Waals surface area contributed by atoms with E-state index < -0.39 is 11.9 Å². The third-order valence-corrected chi connectivity index (χ3v) is 4.16. The monoisotopic (exact) mass is 262 g/mol. The minimum atomic E-state index is -0.725. The first-order chi connectivity index (χ1) is 9.04. The Bertz CT molecular complexity index is 473. The van der Waals surface area contributed by atoms with Crippen molar-refractivity contribution >= 4 is 5.97 Å². The Morgan fingerprint density at radius 3 is 2.47 bits per heavy atom. The highest BCUT2D eigenvalue weighted by Gasteiger charge is 2.34. The Morgan fingerprint density at radius 2 is 1.95 bits per heavy atom. The Morgan fingerprint density at radius 1 is 1.32 bits per heavy atom. The predicted octanol–water partition coefficient (Wildman–Crippen LogP) is 3.67. The number of benzene rings is 1. The van der Waals surface area contributed by atoms with Crippen LogP contribution in [0.5, 0.6) is 5.75 Å². The van der Waals surface area contributed by atoms with Gasteiger partial charge in [-0.3, -0.25) is 4.79 Å². The molecule has 0 saturated heterocycles. The van der Waals surface area contributed by atoms with Gasteiger partial charge in [0.25, 0.3) is 0 Å². The van der Waals surface area contributed by atoms with E-state index in [1.165, 1.54) is 0 Å². The quantitative estimate of drug-likeness (QED) is 0.900. The Kier molecular flexibility index (Phi) is 4.13. The normalized spacial score (nSPS) is 17.4. The van der Waals surface area contributed by atoms with Crippen molar-refractivity contribution in [3.8, 4) is 5.75 Å². The van der Waals surface area contributed by atoms with Gasteiger partial charge in [-0.2, -0.15) is 0 Å². The summed E-state index contributed by atoms with van der Waals surface area (Å²) in [5, 5.41) is 9.65. The number of carbonyl (C=O) groups is 1. The molecular weight excluding hydrogens is 240 g/mol.